The summed E-state index contributed by atoms with van der Waals surface area (Å²) in [5.41, 5.74) is 3.78. The molecule has 0 bridgehead atoms. The van der Waals surface area contributed by atoms with Crippen molar-refractivity contribution in [2.75, 3.05) is 5.32 Å². The van der Waals surface area contributed by atoms with E-state index in [1.165, 1.54) is 4.88 Å². The fourth-order valence-electron chi connectivity index (χ4n) is 2.38. The summed E-state index contributed by atoms with van der Waals surface area (Å²) < 4.78 is 8.38. The Hall–Kier alpha value is -2.57. The van der Waals surface area contributed by atoms with Gasteiger partial charge in [0, 0.05) is 10.6 Å². The molecule has 0 radical (unpaired) electrons. The van der Waals surface area contributed by atoms with Gasteiger partial charge in [0.05, 0.1) is 17.3 Å². The van der Waals surface area contributed by atoms with Crippen LogP contribution in [0.25, 0.3) is 21.5 Å². The van der Waals surface area contributed by atoms with Crippen molar-refractivity contribution in [3.8, 4) is 10.4 Å². The quantitative estimate of drug-likeness (QED) is 0.591. The van der Waals surface area contributed by atoms with Crippen LogP contribution in [0.5, 0.6) is 0 Å². The number of hydrogen-bond acceptors (Lipinski definition) is 5. The SMILES string of the molecule is O=C(Nc1cccc(-c2cccs2)c1)c1cccc2nsnc12. The summed E-state index contributed by atoms with van der Waals surface area (Å²) in [6.45, 7) is 0. The second-order valence-corrected chi connectivity index (χ2v) is 6.43. The molecule has 23 heavy (non-hydrogen) atoms. The van der Waals surface area contributed by atoms with E-state index in [1.807, 2.05) is 47.8 Å². The lowest BCUT2D eigenvalue weighted by Crippen LogP contribution is -2.12. The summed E-state index contributed by atoms with van der Waals surface area (Å²) in [4.78, 5) is 13.7. The molecule has 1 amide bonds. The van der Waals surface area contributed by atoms with E-state index in [4.69, 9.17) is 0 Å². The first kappa shape index (κ1) is 14.0. The van der Waals surface area contributed by atoms with Gasteiger partial charge in [0.1, 0.15) is 11.0 Å². The van der Waals surface area contributed by atoms with Gasteiger partial charge in [-0.15, -0.1) is 11.3 Å². The molecule has 0 spiro atoms. The van der Waals surface area contributed by atoms with Crippen LogP contribution in [0.1, 0.15) is 10.4 Å². The van der Waals surface area contributed by atoms with Crippen LogP contribution in [0.3, 0.4) is 0 Å². The number of carbonyl (C=O) groups excluding carboxylic acids is 1. The van der Waals surface area contributed by atoms with E-state index < -0.39 is 0 Å². The van der Waals surface area contributed by atoms with Crippen LogP contribution >= 0.6 is 23.1 Å². The Morgan fingerprint density at radius 2 is 1.91 bits per heavy atom. The van der Waals surface area contributed by atoms with E-state index in [0.29, 0.717) is 11.1 Å². The van der Waals surface area contributed by atoms with Crippen molar-refractivity contribution in [2.45, 2.75) is 0 Å². The zero-order valence-corrected chi connectivity index (χ0v) is 13.5. The smallest absolute Gasteiger partial charge is 0.257 e. The maximum Gasteiger partial charge on any atom is 0.257 e. The lowest BCUT2D eigenvalue weighted by Gasteiger charge is -2.07. The van der Waals surface area contributed by atoms with E-state index >= 15 is 0 Å². The van der Waals surface area contributed by atoms with Crippen LogP contribution in [-0.4, -0.2) is 14.7 Å². The Labute approximate surface area is 140 Å². The van der Waals surface area contributed by atoms with Crippen LogP contribution in [0, 0.1) is 0 Å². The van der Waals surface area contributed by atoms with Gasteiger partial charge in [-0.25, -0.2) is 0 Å². The molecule has 1 N–H and O–H groups in total. The van der Waals surface area contributed by atoms with Crippen LogP contribution in [0.4, 0.5) is 5.69 Å². The van der Waals surface area contributed by atoms with Crippen molar-refractivity contribution in [3.63, 3.8) is 0 Å². The minimum Gasteiger partial charge on any atom is -0.322 e. The summed E-state index contributed by atoms with van der Waals surface area (Å²) in [6, 6.07) is 17.4. The van der Waals surface area contributed by atoms with Gasteiger partial charge in [0.15, 0.2) is 0 Å². The molecule has 2 aromatic carbocycles. The zero-order chi connectivity index (χ0) is 15.6. The van der Waals surface area contributed by atoms with Crippen molar-refractivity contribution < 1.29 is 4.79 Å². The average Bonchev–Trinajstić information content (AvgIpc) is 3.26. The summed E-state index contributed by atoms with van der Waals surface area (Å²) in [5, 5.41) is 4.98. The molecule has 0 aliphatic rings. The Morgan fingerprint density at radius 1 is 1.00 bits per heavy atom. The highest BCUT2D eigenvalue weighted by atomic mass is 32.1. The molecule has 0 unspecified atom stereocenters. The van der Waals surface area contributed by atoms with E-state index in [-0.39, 0.29) is 5.91 Å². The minimum absolute atomic E-state index is 0.174. The first-order valence-electron chi connectivity index (χ1n) is 6.98. The van der Waals surface area contributed by atoms with Crippen molar-refractivity contribution in [1.82, 2.24) is 8.75 Å². The Kier molecular flexibility index (Phi) is 3.61. The van der Waals surface area contributed by atoms with E-state index in [0.717, 1.165) is 28.5 Å². The predicted octanol–water partition coefficient (Wildman–Crippen LogP) is 4.67. The highest BCUT2D eigenvalue weighted by molar-refractivity contribution is 7.13. The van der Waals surface area contributed by atoms with Crippen LogP contribution in [-0.2, 0) is 0 Å². The van der Waals surface area contributed by atoms with Gasteiger partial charge in [0.2, 0.25) is 0 Å². The standard InChI is InChI=1S/C17H11N3OS2/c21-17(13-6-2-7-14-16(13)20-23-19-14)18-12-5-1-4-11(10-12)15-8-3-9-22-15/h1-10H,(H,18,21). The van der Waals surface area contributed by atoms with Gasteiger partial charge in [-0.1, -0.05) is 24.3 Å². The molecule has 4 nitrogen and oxygen atoms in total. The first-order chi connectivity index (χ1) is 11.3. The number of carbonyl (C=O) groups is 1. The first-order valence-corrected chi connectivity index (χ1v) is 8.59. The van der Waals surface area contributed by atoms with Gasteiger partial charge >= 0.3 is 0 Å². The van der Waals surface area contributed by atoms with Gasteiger partial charge < -0.3 is 5.32 Å². The highest BCUT2D eigenvalue weighted by Gasteiger charge is 2.13. The molecule has 0 atom stereocenters. The molecule has 0 saturated carbocycles. The van der Waals surface area contributed by atoms with E-state index in [9.17, 15) is 4.79 Å². The van der Waals surface area contributed by atoms with Crippen molar-refractivity contribution >= 4 is 45.7 Å². The van der Waals surface area contributed by atoms with Gasteiger partial charge in [-0.2, -0.15) is 8.75 Å². The van der Waals surface area contributed by atoms with Gasteiger partial charge in [0.25, 0.3) is 5.91 Å². The van der Waals surface area contributed by atoms with Gasteiger partial charge in [-0.3, -0.25) is 4.79 Å². The molecule has 4 rings (SSSR count). The van der Waals surface area contributed by atoms with E-state index in [2.05, 4.69) is 20.1 Å². The molecule has 6 heteroatoms. The molecular weight excluding hydrogens is 326 g/mol. The van der Waals surface area contributed by atoms with E-state index in [1.54, 1.807) is 17.4 Å². The molecular formula is C17H11N3OS2. The number of benzene rings is 2. The van der Waals surface area contributed by atoms with Gasteiger partial charge in [-0.05, 0) is 41.3 Å². The molecule has 0 saturated heterocycles. The highest BCUT2D eigenvalue weighted by Crippen LogP contribution is 2.27. The summed E-state index contributed by atoms with van der Waals surface area (Å²) in [5.74, 6) is -0.174. The molecule has 0 aliphatic carbocycles. The molecule has 0 fully saturated rings. The number of thiophene rings is 1. The lowest BCUT2D eigenvalue weighted by molar-refractivity contribution is 0.102. The average molecular weight is 337 g/mol. The normalized spacial score (nSPS) is 10.8. The topological polar surface area (TPSA) is 54.9 Å². The Morgan fingerprint density at radius 3 is 2.78 bits per heavy atom. The molecule has 2 aromatic heterocycles. The number of amides is 1. The van der Waals surface area contributed by atoms with Crippen LogP contribution in [0.15, 0.2) is 60.0 Å². The molecule has 2 heterocycles. The molecule has 4 aromatic rings. The maximum atomic E-state index is 12.6. The number of anilines is 1. The third-order valence-corrected chi connectivity index (χ3v) is 4.92. The number of aromatic nitrogens is 2. The number of nitrogens with zero attached hydrogens (tertiary/aromatic N) is 2. The molecule has 0 aliphatic heterocycles. The third-order valence-electron chi connectivity index (χ3n) is 3.46. The van der Waals surface area contributed by atoms with Crippen LogP contribution in [0.2, 0.25) is 0 Å². The summed E-state index contributed by atoms with van der Waals surface area (Å²) in [7, 11) is 0. The Balaban J connectivity index is 1.64. The third kappa shape index (κ3) is 2.74. The van der Waals surface area contributed by atoms with Crippen molar-refractivity contribution in [3.05, 3.63) is 65.5 Å². The largest absolute Gasteiger partial charge is 0.322 e. The summed E-state index contributed by atoms with van der Waals surface area (Å²) in [6.07, 6.45) is 0. The number of rotatable bonds is 3. The van der Waals surface area contributed by atoms with Crippen molar-refractivity contribution in [1.29, 1.82) is 0 Å². The second kappa shape index (κ2) is 5.91. The Bertz CT molecular complexity index is 976. The number of fused-ring (bicyclic) bond motifs is 1. The number of nitrogens with one attached hydrogen (secondary N) is 1. The second-order valence-electron chi connectivity index (χ2n) is 4.95. The monoisotopic (exact) mass is 337 g/mol. The molecule has 112 valence electrons. The van der Waals surface area contributed by atoms with Crippen molar-refractivity contribution in [2.24, 2.45) is 0 Å². The maximum absolute atomic E-state index is 12.6. The fourth-order valence-corrected chi connectivity index (χ4v) is 3.65. The fraction of sp³-hybridized carbons (Fsp3) is 0. The zero-order valence-electron chi connectivity index (χ0n) is 11.9. The number of hydrogen-bond donors (Lipinski definition) is 1. The summed E-state index contributed by atoms with van der Waals surface area (Å²) >= 11 is 2.79. The lowest BCUT2D eigenvalue weighted by atomic mass is 10.1. The van der Waals surface area contributed by atoms with Crippen LogP contribution < -0.4 is 5.32 Å². The minimum atomic E-state index is -0.174. The predicted molar refractivity (Wildman–Crippen MR) is 95.1 cm³/mol.